The predicted molar refractivity (Wildman–Crippen MR) is 265 cm³/mol. The van der Waals surface area contributed by atoms with Crippen LogP contribution in [0.15, 0.2) is 111 Å². The molecule has 0 heterocycles. The molecule has 5 aromatic rings. The van der Waals surface area contributed by atoms with Crippen LogP contribution in [-0.4, -0.2) is 61.5 Å². The van der Waals surface area contributed by atoms with Crippen molar-refractivity contribution in [2.45, 2.75) is 56.4 Å². The van der Waals surface area contributed by atoms with E-state index >= 15 is 0 Å². The number of azo groups is 2. The van der Waals surface area contributed by atoms with Crippen LogP contribution in [-0.2, 0) is 25.1 Å². The van der Waals surface area contributed by atoms with Gasteiger partial charge in [-0.15, -0.1) is 34.8 Å². The average molecular weight is 1030 g/mol. The Kier molecular flexibility index (Phi) is 18.6. The Morgan fingerprint density at radius 2 is 1.00 bits per heavy atom. The number of hydrogen-bond donors (Lipinski definition) is 4. The second kappa shape index (κ2) is 24.0. The van der Waals surface area contributed by atoms with Crippen molar-refractivity contribution >= 4 is 127 Å². The molecule has 16 nitrogen and oxygen atoms in total. The predicted octanol–water partition coefficient (Wildman–Crippen LogP) is 12.2. The molecule has 5 rings (SSSR count). The van der Waals surface area contributed by atoms with Crippen LogP contribution in [0.1, 0.15) is 75.9 Å². The summed E-state index contributed by atoms with van der Waals surface area (Å²) >= 11 is 31.8. The van der Waals surface area contributed by atoms with E-state index < -0.39 is 47.3 Å². The molecule has 0 aliphatic carbocycles. The third-order valence-corrected chi connectivity index (χ3v) is 11.5. The van der Waals surface area contributed by atoms with Gasteiger partial charge in [0.05, 0.1) is 57.5 Å². The summed E-state index contributed by atoms with van der Waals surface area (Å²) < 4.78 is 10.8. The third-order valence-electron chi connectivity index (χ3n) is 9.92. The van der Waals surface area contributed by atoms with Crippen molar-refractivity contribution in [3.63, 3.8) is 0 Å². The lowest BCUT2D eigenvalue weighted by molar-refractivity contribution is -0.127. The number of nitrogens with zero attached hydrogens (tertiary/aromatic N) is 4. The Hall–Kier alpha value is -6.43. The van der Waals surface area contributed by atoms with Gasteiger partial charge in [0.25, 0.3) is 23.6 Å². The maximum Gasteiger partial charge on any atom is 0.258 e. The molecule has 0 aromatic heterocycles. The van der Waals surface area contributed by atoms with Crippen LogP contribution in [0.25, 0.3) is 0 Å². The van der Waals surface area contributed by atoms with Crippen molar-refractivity contribution in [2.24, 2.45) is 20.5 Å². The molecule has 4 unspecified atom stereocenters. The van der Waals surface area contributed by atoms with Gasteiger partial charge in [0.1, 0.15) is 22.9 Å². The number of hydrogen-bond acceptors (Lipinski definition) is 12. The molecule has 0 spiro atoms. The van der Waals surface area contributed by atoms with Crippen molar-refractivity contribution in [2.75, 3.05) is 35.5 Å². The van der Waals surface area contributed by atoms with Crippen LogP contribution in [0.4, 0.5) is 34.1 Å². The number of anilines is 4. The number of rotatable bonds is 19. The topological polar surface area (TPSA) is 218 Å². The summed E-state index contributed by atoms with van der Waals surface area (Å²) in [5.74, 6) is -3.66. The Balaban J connectivity index is 1.26. The zero-order valence-electron chi connectivity index (χ0n) is 37.1. The second-order valence-electron chi connectivity index (χ2n) is 14.8. The number of carbonyl (C=O) groups excluding carboxylic acids is 6. The largest absolute Gasteiger partial charge is 0.495 e. The number of Topliss-reactive ketones (excluding diaryl/α,β-unsaturated/α-hetero) is 2. The standard InChI is InChI=1S/C47H43Cl5N8O8/c1-23(49)27-13-16-34(38(20-27)67-5)55-44(63)31-9-7-11-36(40(31)51)57-59-42(25(3)61)46(65)53-30-15-18-33(29(19-30)22-48)54-47(66)43(26(4)62)60-58-37-12-8-10-32(41(37)52)45(64)56-35-17-14-28(24(2)50)21-39(35)68-6/h7-21,23-24,42-43H,22H2,1-6H3,(H,53,65)(H,54,66)(H,55,63)(H,56,64). The number of carbonyl (C=O) groups is 6. The van der Waals surface area contributed by atoms with Crippen LogP contribution >= 0.6 is 58.0 Å². The van der Waals surface area contributed by atoms with E-state index in [4.69, 9.17) is 67.5 Å². The summed E-state index contributed by atoms with van der Waals surface area (Å²) in [6, 6.07) is 20.0. The number of benzene rings is 5. The van der Waals surface area contributed by atoms with Crippen LogP contribution in [0.3, 0.4) is 0 Å². The first-order valence-corrected chi connectivity index (χ1v) is 22.5. The fourth-order valence-corrected chi connectivity index (χ4v) is 7.23. The average Bonchev–Trinajstić information content (AvgIpc) is 3.30. The van der Waals surface area contributed by atoms with E-state index in [0.717, 1.165) is 25.0 Å². The first-order chi connectivity index (χ1) is 32.4. The zero-order valence-corrected chi connectivity index (χ0v) is 40.9. The van der Waals surface area contributed by atoms with Crippen LogP contribution < -0.4 is 30.7 Å². The summed E-state index contributed by atoms with van der Waals surface area (Å²) in [5.41, 5.74) is 3.02. The van der Waals surface area contributed by atoms with Gasteiger partial charge in [0, 0.05) is 17.3 Å². The Morgan fingerprint density at radius 3 is 1.40 bits per heavy atom. The summed E-state index contributed by atoms with van der Waals surface area (Å²) in [6.07, 6.45) is 0. The van der Waals surface area contributed by atoms with Gasteiger partial charge in [-0.1, -0.05) is 47.5 Å². The lowest BCUT2D eigenvalue weighted by atomic mass is 10.1. The summed E-state index contributed by atoms with van der Waals surface area (Å²) in [4.78, 5) is 78.8. The first kappa shape index (κ1) is 52.5. The van der Waals surface area contributed by atoms with Crippen LogP contribution in [0.2, 0.25) is 10.0 Å². The number of nitrogens with one attached hydrogen (secondary N) is 4. The molecule has 21 heteroatoms. The molecular formula is C47H43Cl5N8O8. The summed E-state index contributed by atoms with van der Waals surface area (Å²) in [5, 5.41) is 25.9. The van der Waals surface area contributed by atoms with Gasteiger partial charge in [-0.2, -0.15) is 20.5 Å². The minimum Gasteiger partial charge on any atom is -0.495 e. The molecule has 0 saturated heterocycles. The molecule has 0 fully saturated rings. The molecule has 68 heavy (non-hydrogen) atoms. The second-order valence-corrected chi connectivity index (χ2v) is 17.1. The fraction of sp³-hybridized carbons (Fsp3) is 0.234. The van der Waals surface area contributed by atoms with Gasteiger partial charge in [-0.05, 0) is 111 Å². The highest BCUT2D eigenvalue weighted by Crippen LogP contribution is 2.35. The molecule has 4 amide bonds. The monoisotopic (exact) mass is 1020 g/mol. The van der Waals surface area contributed by atoms with Gasteiger partial charge < -0.3 is 30.7 Å². The number of ether oxygens (including phenoxy) is 2. The highest BCUT2D eigenvalue weighted by atomic mass is 35.5. The highest BCUT2D eigenvalue weighted by Gasteiger charge is 2.27. The quantitative estimate of drug-likeness (QED) is 0.0353. The van der Waals surface area contributed by atoms with Crippen LogP contribution in [0, 0.1) is 0 Å². The van der Waals surface area contributed by atoms with E-state index in [2.05, 4.69) is 41.7 Å². The van der Waals surface area contributed by atoms with Crippen molar-refractivity contribution in [3.05, 3.63) is 129 Å². The molecule has 0 bridgehead atoms. The molecule has 0 radical (unpaired) electrons. The third kappa shape index (κ3) is 13.2. The minimum absolute atomic E-state index is 0.00239. The number of amides is 4. The van der Waals surface area contributed by atoms with Crippen molar-refractivity contribution in [3.8, 4) is 11.5 Å². The smallest absolute Gasteiger partial charge is 0.258 e. The molecule has 0 aliphatic heterocycles. The Morgan fingerprint density at radius 1 is 0.574 bits per heavy atom. The molecular weight excluding hydrogens is 982 g/mol. The number of methoxy groups -OCH3 is 2. The van der Waals surface area contributed by atoms with E-state index in [1.807, 2.05) is 0 Å². The lowest BCUT2D eigenvalue weighted by Gasteiger charge is -2.15. The van der Waals surface area contributed by atoms with Gasteiger partial charge in [-0.3, -0.25) is 28.8 Å². The fourth-order valence-electron chi connectivity index (χ4n) is 6.23. The molecule has 0 saturated carbocycles. The number of ketones is 2. The van der Waals surface area contributed by atoms with Crippen LogP contribution in [0.5, 0.6) is 11.5 Å². The SMILES string of the molecule is COc1cc(C(C)Cl)ccc1NC(=O)c1cccc(N=NC(C(C)=O)C(=O)Nc2ccc(NC(=O)C(N=Nc3cccc(C(=O)Nc4ccc(C(C)Cl)cc4OC)c3Cl)C(C)=O)c(CCl)c2)c1Cl. The van der Waals surface area contributed by atoms with E-state index in [-0.39, 0.29) is 60.6 Å². The summed E-state index contributed by atoms with van der Waals surface area (Å²) in [6.45, 7) is 5.89. The van der Waals surface area contributed by atoms with Gasteiger partial charge in [0.2, 0.25) is 12.1 Å². The Bertz CT molecular complexity index is 2820. The maximum absolute atomic E-state index is 13.5. The zero-order chi connectivity index (χ0) is 49.8. The van der Waals surface area contributed by atoms with E-state index in [1.165, 1.54) is 68.8 Å². The summed E-state index contributed by atoms with van der Waals surface area (Å²) in [7, 11) is 2.90. The Labute approximate surface area is 416 Å². The molecule has 4 N–H and O–H groups in total. The van der Waals surface area contributed by atoms with Crippen molar-refractivity contribution < 1.29 is 38.2 Å². The van der Waals surface area contributed by atoms with Gasteiger partial charge >= 0.3 is 0 Å². The van der Waals surface area contributed by atoms with E-state index in [0.29, 0.717) is 28.4 Å². The molecule has 4 atom stereocenters. The van der Waals surface area contributed by atoms with E-state index in [1.54, 1.807) is 50.2 Å². The lowest BCUT2D eigenvalue weighted by Crippen LogP contribution is -2.32. The highest BCUT2D eigenvalue weighted by molar-refractivity contribution is 6.37. The van der Waals surface area contributed by atoms with E-state index in [9.17, 15) is 28.8 Å². The molecule has 5 aromatic carbocycles. The maximum atomic E-state index is 13.5. The minimum atomic E-state index is -1.65. The molecule has 354 valence electrons. The molecule has 0 aliphatic rings. The van der Waals surface area contributed by atoms with Gasteiger partial charge in [-0.25, -0.2) is 0 Å². The van der Waals surface area contributed by atoms with Gasteiger partial charge in [0.15, 0.2) is 11.6 Å². The van der Waals surface area contributed by atoms with Crippen molar-refractivity contribution in [1.82, 2.24) is 0 Å². The number of alkyl halides is 3. The number of halogens is 5. The van der Waals surface area contributed by atoms with Crippen molar-refractivity contribution in [1.29, 1.82) is 0 Å². The normalized spacial score (nSPS) is 13.0. The first-order valence-electron chi connectivity index (χ1n) is 20.3.